The van der Waals surface area contributed by atoms with Gasteiger partial charge in [0.15, 0.2) is 5.13 Å². The Morgan fingerprint density at radius 3 is 2.38 bits per heavy atom. The summed E-state index contributed by atoms with van der Waals surface area (Å²) in [6, 6.07) is 7.11. The van der Waals surface area contributed by atoms with Gasteiger partial charge in [0.25, 0.3) is 5.91 Å². The second kappa shape index (κ2) is 9.66. The third-order valence-corrected chi connectivity index (χ3v) is 6.58. The molecule has 0 saturated carbocycles. The highest BCUT2D eigenvalue weighted by atomic mass is 32.1. The first-order valence-corrected chi connectivity index (χ1v) is 11.0. The van der Waals surface area contributed by atoms with Crippen LogP contribution < -0.4 is 19.7 Å². The number of hydrogen-bond donors (Lipinski definition) is 1. The van der Waals surface area contributed by atoms with Gasteiger partial charge in [-0.05, 0) is 24.3 Å². The molecule has 1 saturated heterocycles. The van der Waals surface area contributed by atoms with Gasteiger partial charge in [-0.3, -0.25) is 9.69 Å². The van der Waals surface area contributed by atoms with Gasteiger partial charge in [0, 0.05) is 39.3 Å². The third kappa shape index (κ3) is 4.46. The van der Waals surface area contributed by atoms with Crippen molar-refractivity contribution in [2.24, 2.45) is 0 Å². The summed E-state index contributed by atoms with van der Waals surface area (Å²) in [5.74, 6) is -0.980. The molecule has 0 radical (unpaired) electrons. The number of carbonyl (C=O) groups excluding carboxylic acids is 1. The number of aromatic nitrogens is 1. The SMILES string of the molecule is COc1ccc(OC)c2sc(N3CCN(CCNC(=O)c4c(F)cccc4F)CC3)nc12. The fourth-order valence-electron chi connectivity index (χ4n) is 3.70. The summed E-state index contributed by atoms with van der Waals surface area (Å²) in [7, 11) is 3.26. The molecule has 4 rings (SSSR count). The minimum atomic E-state index is -0.861. The van der Waals surface area contributed by atoms with Crippen LogP contribution in [0.3, 0.4) is 0 Å². The van der Waals surface area contributed by atoms with E-state index in [-0.39, 0.29) is 0 Å². The van der Waals surface area contributed by atoms with Crippen LogP contribution in [0, 0.1) is 11.6 Å². The number of methoxy groups -OCH3 is 2. The fourth-order valence-corrected chi connectivity index (χ4v) is 4.83. The molecule has 1 aliphatic rings. The summed E-state index contributed by atoms with van der Waals surface area (Å²) in [5, 5.41) is 3.51. The molecule has 7 nitrogen and oxygen atoms in total. The molecule has 0 spiro atoms. The van der Waals surface area contributed by atoms with E-state index in [4.69, 9.17) is 14.5 Å². The first-order chi connectivity index (χ1) is 15.5. The van der Waals surface area contributed by atoms with Crippen molar-refractivity contribution in [1.29, 1.82) is 0 Å². The number of benzene rings is 2. The summed E-state index contributed by atoms with van der Waals surface area (Å²) in [6.45, 7) is 4.03. The Kier molecular flexibility index (Phi) is 6.71. The predicted octanol–water partition coefficient (Wildman–Crippen LogP) is 3.14. The van der Waals surface area contributed by atoms with Gasteiger partial charge in [-0.15, -0.1) is 0 Å². The van der Waals surface area contributed by atoms with E-state index in [9.17, 15) is 13.6 Å². The maximum Gasteiger partial charge on any atom is 0.257 e. The largest absolute Gasteiger partial charge is 0.495 e. The van der Waals surface area contributed by atoms with E-state index in [0.29, 0.717) is 18.8 Å². The topological polar surface area (TPSA) is 66.9 Å². The van der Waals surface area contributed by atoms with Gasteiger partial charge >= 0.3 is 0 Å². The lowest BCUT2D eigenvalue weighted by molar-refractivity contribution is 0.0939. The van der Waals surface area contributed by atoms with Gasteiger partial charge in [0.2, 0.25) is 0 Å². The number of piperazine rings is 1. The second-order valence-electron chi connectivity index (χ2n) is 7.33. The van der Waals surface area contributed by atoms with E-state index >= 15 is 0 Å². The molecule has 2 heterocycles. The second-order valence-corrected chi connectivity index (χ2v) is 8.30. The van der Waals surface area contributed by atoms with E-state index in [1.807, 2.05) is 12.1 Å². The standard InChI is InChI=1S/C22H24F2N4O3S/c1-30-16-6-7-17(31-2)20-19(16)26-22(32-20)28-12-10-27(11-13-28)9-8-25-21(29)18-14(23)4-3-5-15(18)24/h3-7H,8-13H2,1-2H3,(H,25,29). The van der Waals surface area contributed by atoms with Crippen LogP contribution in [0.1, 0.15) is 10.4 Å². The molecule has 32 heavy (non-hydrogen) atoms. The van der Waals surface area contributed by atoms with Crippen LogP contribution >= 0.6 is 11.3 Å². The predicted molar refractivity (Wildman–Crippen MR) is 120 cm³/mol. The monoisotopic (exact) mass is 462 g/mol. The van der Waals surface area contributed by atoms with Crippen LogP contribution in [0.2, 0.25) is 0 Å². The molecule has 170 valence electrons. The van der Waals surface area contributed by atoms with Gasteiger partial charge in [0.1, 0.15) is 38.9 Å². The lowest BCUT2D eigenvalue weighted by Gasteiger charge is -2.34. The number of halogens is 2. The number of anilines is 1. The Hall–Kier alpha value is -2.98. The summed E-state index contributed by atoms with van der Waals surface area (Å²) in [6.07, 6.45) is 0. The molecule has 0 atom stereocenters. The molecule has 10 heteroatoms. The normalized spacial score (nSPS) is 14.6. The number of amides is 1. The molecule has 2 aromatic carbocycles. The Labute approximate surface area is 188 Å². The van der Waals surface area contributed by atoms with Crippen molar-refractivity contribution in [3.8, 4) is 11.5 Å². The Balaban J connectivity index is 1.32. The minimum Gasteiger partial charge on any atom is -0.495 e. The van der Waals surface area contributed by atoms with E-state index < -0.39 is 23.1 Å². The van der Waals surface area contributed by atoms with Crippen LogP contribution in [0.25, 0.3) is 10.2 Å². The maximum atomic E-state index is 13.7. The highest BCUT2D eigenvalue weighted by Gasteiger charge is 2.22. The molecule has 0 aliphatic carbocycles. The highest BCUT2D eigenvalue weighted by Crippen LogP contribution is 2.40. The average Bonchev–Trinajstić information content (AvgIpc) is 3.24. The maximum absolute atomic E-state index is 13.7. The number of thiazole rings is 1. The van der Waals surface area contributed by atoms with E-state index in [1.54, 1.807) is 25.6 Å². The van der Waals surface area contributed by atoms with Crippen LogP contribution in [-0.2, 0) is 0 Å². The number of rotatable bonds is 7. The molecule has 1 N–H and O–H groups in total. The lowest BCUT2D eigenvalue weighted by atomic mass is 10.2. The zero-order valence-corrected chi connectivity index (χ0v) is 18.7. The zero-order valence-electron chi connectivity index (χ0n) is 17.9. The number of hydrogen-bond acceptors (Lipinski definition) is 7. The number of fused-ring (bicyclic) bond motifs is 1. The summed E-state index contributed by atoms with van der Waals surface area (Å²) < 4.78 is 39.3. The summed E-state index contributed by atoms with van der Waals surface area (Å²) in [4.78, 5) is 21.3. The van der Waals surface area contributed by atoms with Gasteiger partial charge < -0.3 is 19.7 Å². The molecule has 1 amide bonds. The number of nitrogens with one attached hydrogen (secondary N) is 1. The fraction of sp³-hybridized carbons (Fsp3) is 0.364. The number of carbonyl (C=O) groups is 1. The zero-order chi connectivity index (χ0) is 22.7. The number of nitrogens with zero attached hydrogens (tertiary/aromatic N) is 3. The quantitative estimate of drug-likeness (QED) is 0.582. The van der Waals surface area contributed by atoms with Gasteiger partial charge in [0.05, 0.1) is 14.2 Å². The molecule has 0 unspecified atom stereocenters. The molecule has 1 aromatic heterocycles. The molecular weight excluding hydrogens is 438 g/mol. The molecule has 1 fully saturated rings. The minimum absolute atomic E-state index is 0.308. The molecule has 1 aliphatic heterocycles. The summed E-state index contributed by atoms with van der Waals surface area (Å²) >= 11 is 1.57. The van der Waals surface area contributed by atoms with E-state index in [2.05, 4.69) is 15.1 Å². The van der Waals surface area contributed by atoms with Gasteiger partial charge in [-0.1, -0.05) is 17.4 Å². The smallest absolute Gasteiger partial charge is 0.257 e. The Morgan fingerprint density at radius 1 is 1.06 bits per heavy atom. The van der Waals surface area contributed by atoms with Crippen molar-refractivity contribution in [2.75, 3.05) is 58.4 Å². The number of ether oxygens (including phenoxy) is 2. The van der Waals surface area contributed by atoms with Crippen molar-refractivity contribution in [1.82, 2.24) is 15.2 Å². The van der Waals surface area contributed by atoms with Gasteiger partial charge in [-0.25, -0.2) is 13.8 Å². The van der Waals surface area contributed by atoms with E-state index in [1.165, 1.54) is 6.07 Å². The van der Waals surface area contributed by atoms with Crippen molar-refractivity contribution >= 4 is 32.6 Å². The van der Waals surface area contributed by atoms with Crippen LogP contribution in [0.15, 0.2) is 30.3 Å². The van der Waals surface area contributed by atoms with Crippen molar-refractivity contribution in [3.05, 3.63) is 47.5 Å². The van der Waals surface area contributed by atoms with Crippen molar-refractivity contribution < 1.29 is 23.0 Å². The lowest BCUT2D eigenvalue weighted by Crippen LogP contribution is -2.48. The van der Waals surface area contributed by atoms with Crippen LogP contribution in [-0.4, -0.2) is 69.3 Å². The Bertz CT molecular complexity index is 1050. The Morgan fingerprint density at radius 2 is 1.72 bits per heavy atom. The highest BCUT2D eigenvalue weighted by molar-refractivity contribution is 7.22. The molecule has 3 aromatic rings. The molecular formula is C22H24F2N4O3S. The van der Waals surface area contributed by atoms with Crippen LogP contribution in [0.5, 0.6) is 11.5 Å². The first-order valence-electron chi connectivity index (χ1n) is 10.2. The third-order valence-electron chi connectivity index (χ3n) is 5.45. The van der Waals surface area contributed by atoms with E-state index in [0.717, 1.165) is 59.4 Å². The van der Waals surface area contributed by atoms with Crippen molar-refractivity contribution in [2.45, 2.75) is 0 Å². The molecule has 0 bridgehead atoms. The first kappa shape index (κ1) is 22.2. The van der Waals surface area contributed by atoms with Gasteiger partial charge in [-0.2, -0.15) is 0 Å². The summed E-state index contributed by atoms with van der Waals surface area (Å²) in [5.41, 5.74) is 0.247. The van der Waals surface area contributed by atoms with Crippen LogP contribution in [0.4, 0.5) is 13.9 Å². The average molecular weight is 463 g/mol. The van der Waals surface area contributed by atoms with Crippen molar-refractivity contribution in [3.63, 3.8) is 0 Å².